The highest BCUT2D eigenvalue weighted by molar-refractivity contribution is 5.94. The summed E-state index contributed by atoms with van der Waals surface area (Å²) < 4.78 is 5.48. The minimum Gasteiger partial charge on any atom is -0.378 e. The van der Waals surface area contributed by atoms with Gasteiger partial charge in [-0.05, 0) is 36.8 Å². The number of para-hydroxylation sites is 1. The first-order chi connectivity index (χ1) is 13.6. The van der Waals surface area contributed by atoms with Crippen molar-refractivity contribution in [1.82, 2.24) is 0 Å². The van der Waals surface area contributed by atoms with Crippen LogP contribution in [0.2, 0.25) is 0 Å². The quantitative estimate of drug-likeness (QED) is 0.873. The Hall–Kier alpha value is -2.53. The molecule has 28 heavy (non-hydrogen) atoms. The average Bonchev–Trinajstić information content (AvgIpc) is 2.72. The van der Waals surface area contributed by atoms with Gasteiger partial charge in [-0.15, -0.1) is 0 Å². The Labute approximate surface area is 167 Å². The number of nitrogens with one attached hydrogen (secondary N) is 1. The van der Waals surface area contributed by atoms with Crippen molar-refractivity contribution in [2.75, 3.05) is 41.4 Å². The van der Waals surface area contributed by atoms with E-state index in [4.69, 9.17) is 4.74 Å². The molecular weight excluding hydrogens is 350 g/mol. The van der Waals surface area contributed by atoms with E-state index in [2.05, 4.69) is 66.5 Å². The molecule has 0 aromatic heterocycles. The molecule has 1 fully saturated rings. The Morgan fingerprint density at radius 1 is 1.07 bits per heavy atom. The van der Waals surface area contributed by atoms with Gasteiger partial charge in [-0.2, -0.15) is 0 Å². The van der Waals surface area contributed by atoms with Crippen LogP contribution in [0.4, 0.5) is 17.1 Å². The van der Waals surface area contributed by atoms with E-state index < -0.39 is 0 Å². The van der Waals surface area contributed by atoms with E-state index in [0.29, 0.717) is 0 Å². The van der Waals surface area contributed by atoms with Crippen molar-refractivity contribution in [3.05, 3.63) is 54.1 Å². The van der Waals surface area contributed by atoms with Crippen LogP contribution < -0.4 is 15.1 Å². The van der Waals surface area contributed by atoms with Crippen LogP contribution in [0.25, 0.3) is 0 Å². The molecule has 1 amide bonds. The van der Waals surface area contributed by atoms with Crippen LogP contribution in [0.15, 0.2) is 48.5 Å². The summed E-state index contributed by atoms with van der Waals surface area (Å²) in [4.78, 5) is 16.6. The Morgan fingerprint density at radius 2 is 1.82 bits per heavy atom. The normalized spacial score (nSPS) is 24.6. The fourth-order valence-corrected chi connectivity index (χ4v) is 4.45. The predicted octanol–water partition coefficient (Wildman–Crippen LogP) is 4.07. The van der Waals surface area contributed by atoms with E-state index >= 15 is 0 Å². The Kier molecular flexibility index (Phi) is 5.27. The number of nitrogens with zero attached hydrogens (tertiary/aromatic N) is 2. The second-order valence-electron chi connectivity index (χ2n) is 7.82. The number of benzene rings is 2. The smallest absolute Gasteiger partial charge is 0.224 e. The lowest BCUT2D eigenvalue weighted by Gasteiger charge is -2.44. The number of morpholine rings is 1. The highest BCUT2D eigenvalue weighted by Gasteiger charge is 2.37. The van der Waals surface area contributed by atoms with Gasteiger partial charge in [-0.1, -0.05) is 31.2 Å². The lowest BCUT2D eigenvalue weighted by atomic mass is 9.82. The standard InChI is InChI=1S/C23H29N3O2/c1-16-17(2)26(18(3)27)22-10-5-4-9-21(22)23(16)24-19-7-6-8-20(15-19)25-11-13-28-14-12-25/h4-10,15-17,23-24H,11-14H2,1-3H3. The van der Waals surface area contributed by atoms with Gasteiger partial charge in [0, 0.05) is 49.0 Å². The topological polar surface area (TPSA) is 44.8 Å². The molecule has 0 saturated carbocycles. The van der Waals surface area contributed by atoms with Gasteiger partial charge in [-0.25, -0.2) is 0 Å². The third kappa shape index (κ3) is 3.47. The van der Waals surface area contributed by atoms with E-state index in [0.717, 1.165) is 37.7 Å². The summed E-state index contributed by atoms with van der Waals surface area (Å²) in [6, 6.07) is 17.2. The molecule has 3 unspecified atom stereocenters. The van der Waals surface area contributed by atoms with Crippen molar-refractivity contribution in [1.29, 1.82) is 0 Å². The number of hydrogen-bond acceptors (Lipinski definition) is 4. The lowest BCUT2D eigenvalue weighted by Crippen LogP contribution is -2.48. The predicted molar refractivity (Wildman–Crippen MR) is 114 cm³/mol. The molecule has 2 aromatic carbocycles. The van der Waals surface area contributed by atoms with Crippen LogP contribution in [0.1, 0.15) is 32.4 Å². The second kappa shape index (κ2) is 7.84. The SMILES string of the molecule is CC(=O)N1c2ccccc2C(Nc2cccc(N3CCOCC3)c2)C(C)C1C. The zero-order valence-corrected chi connectivity index (χ0v) is 16.9. The molecular formula is C23H29N3O2. The van der Waals surface area contributed by atoms with E-state index in [1.54, 1.807) is 6.92 Å². The van der Waals surface area contributed by atoms with Crippen LogP contribution >= 0.6 is 0 Å². The minimum atomic E-state index is 0.0968. The Balaban J connectivity index is 1.64. The van der Waals surface area contributed by atoms with Gasteiger partial charge >= 0.3 is 0 Å². The molecule has 0 spiro atoms. The summed E-state index contributed by atoms with van der Waals surface area (Å²) in [5, 5.41) is 3.76. The van der Waals surface area contributed by atoms with Gasteiger partial charge in [-0.3, -0.25) is 4.79 Å². The molecule has 2 heterocycles. The van der Waals surface area contributed by atoms with Crippen molar-refractivity contribution < 1.29 is 9.53 Å². The van der Waals surface area contributed by atoms with Crippen molar-refractivity contribution in [3.63, 3.8) is 0 Å². The van der Waals surface area contributed by atoms with E-state index in [9.17, 15) is 4.79 Å². The number of hydrogen-bond donors (Lipinski definition) is 1. The van der Waals surface area contributed by atoms with Gasteiger partial charge in [0.25, 0.3) is 0 Å². The Bertz CT molecular complexity index is 847. The first-order valence-electron chi connectivity index (χ1n) is 10.1. The number of anilines is 3. The number of carbonyl (C=O) groups excluding carboxylic acids is 1. The average molecular weight is 380 g/mol. The van der Waals surface area contributed by atoms with Crippen molar-refractivity contribution in [2.45, 2.75) is 32.9 Å². The maximum absolute atomic E-state index is 12.3. The summed E-state index contributed by atoms with van der Waals surface area (Å²) >= 11 is 0. The molecule has 2 aromatic rings. The van der Waals surface area contributed by atoms with Crippen LogP contribution in [0.3, 0.4) is 0 Å². The highest BCUT2D eigenvalue weighted by Crippen LogP contribution is 2.42. The van der Waals surface area contributed by atoms with E-state index in [1.165, 1.54) is 11.3 Å². The third-order valence-electron chi connectivity index (χ3n) is 6.11. The zero-order valence-electron chi connectivity index (χ0n) is 16.9. The van der Waals surface area contributed by atoms with Gasteiger partial charge in [0.2, 0.25) is 5.91 Å². The lowest BCUT2D eigenvalue weighted by molar-refractivity contribution is -0.117. The molecule has 4 rings (SSSR count). The van der Waals surface area contributed by atoms with Crippen LogP contribution in [-0.2, 0) is 9.53 Å². The first kappa shape index (κ1) is 18.8. The Morgan fingerprint density at radius 3 is 2.57 bits per heavy atom. The summed E-state index contributed by atoms with van der Waals surface area (Å²) in [7, 11) is 0. The molecule has 3 atom stereocenters. The summed E-state index contributed by atoms with van der Waals surface area (Å²) in [5.41, 5.74) is 4.53. The van der Waals surface area contributed by atoms with Gasteiger partial charge in [0.05, 0.1) is 19.3 Å². The zero-order chi connectivity index (χ0) is 19.7. The summed E-state index contributed by atoms with van der Waals surface area (Å²) in [6.07, 6.45) is 0. The number of fused-ring (bicyclic) bond motifs is 1. The molecule has 0 radical (unpaired) electrons. The fraction of sp³-hybridized carbons (Fsp3) is 0.435. The van der Waals surface area contributed by atoms with Crippen LogP contribution in [0.5, 0.6) is 0 Å². The number of amides is 1. The molecule has 2 aliphatic rings. The summed E-state index contributed by atoms with van der Waals surface area (Å²) in [6.45, 7) is 9.43. The number of ether oxygens (including phenoxy) is 1. The van der Waals surface area contributed by atoms with E-state index in [-0.39, 0.29) is 23.9 Å². The van der Waals surface area contributed by atoms with Crippen LogP contribution in [0, 0.1) is 5.92 Å². The molecule has 5 nitrogen and oxygen atoms in total. The van der Waals surface area contributed by atoms with Gasteiger partial charge in [0.15, 0.2) is 0 Å². The largest absolute Gasteiger partial charge is 0.378 e. The highest BCUT2D eigenvalue weighted by atomic mass is 16.5. The maximum Gasteiger partial charge on any atom is 0.224 e. The fourth-order valence-electron chi connectivity index (χ4n) is 4.45. The van der Waals surface area contributed by atoms with Gasteiger partial charge in [0.1, 0.15) is 0 Å². The molecule has 1 N–H and O–H groups in total. The molecule has 1 saturated heterocycles. The molecule has 0 aliphatic carbocycles. The number of rotatable bonds is 3. The van der Waals surface area contributed by atoms with Gasteiger partial charge < -0.3 is 19.9 Å². The number of carbonyl (C=O) groups is 1. The molecule has 5 heteroatoms. The molecule has 148 valence electrons. The summed E-state index contributed by atoms with van der Waals surface area (Å²) in [5.74, 6) is 0.380. The van der Waals surface area contributed by atoms with Crippen LogP contribution in [-0.4, -0.2) is 38.3 Å². The second-order valence-corrected chi connectivity index (χ2v) is 7.82. The van der Waals surface area contributed by atoms with Crippen molar-refractivity contribution in [3.8, 4) is 0 Å². The monoisotopic (exact) mass is 379 g/mol. The maximum atomic E-state index is 12.3. The molecule has 0 bridgehead atoms. The molecule has 2 aliphatic heterocycles. The van der Waals surface area contributed by atoms with Crippen molar-refractivity contribution >= 4 is 23.0 Å². The third-order valence-corrected chi connectivity index (χ3v) is 6.11. The van der Waals surface area contributed by atoms with Crippen molar-refractivity contribution in [2.24, 2.45) is 5.92 Å². The minimum absolute atomic E-state index is 0.0968. The first-order valence-corrected chi connectivity index (χ1v) is 10.1. The van der Waals surface area contributed by atoms with E-state index in [1.807, 2.05) is 11.0 Å².